The Labute approximate surface area is 293 Å². The molecule has 3 aliphatic rings. The maximum absolute atomic E-state index is 13.1. The smallest absolute Gasteiger partial charge is 0.229 e. The number of fused-ring (bicyclic) bond motifs is 1. The maximum Gasteiger partial charge on any atom is 0.229 e. The second-order valence-corrected chi connectivity index (χ2v) is 12.7. The minimum Gasteiger partial charge on any atom is -0.507 e. The van der Waals surface area contributed by atoms with Gasteiger partial charge in [0.25, 0.3) is 0 Å². The van der Waals surface area contributed by atoms with Crippen molar-refractivity contribution in [3.8, 4) is 28.6 Å². The Bertz CT molecular complexity index is 1730. The molecule has 4 heterocycles. The summed E-state index contributed by atoms with van der Waals surface area (Å²) in [6.45, 7) is 0.00276. The quantitative estimate of drug-likeness (QED) is 0.101. The molecule has 3 saturated heterocycles. The van der Waals surface area contributed by atoms with Crippen molar-refractivity contribution in [2.24, 2.45) is 0 Å². The van der Waals surface area contributed by atoms with Crippen LogP contribution in [-0.4, -0.2) is 162 Å². The van der Waals surface area contributed by atoms with Gasteiger partial charge in [0.15, 0.2) is 17.8 Å². The Balaban J connectivity index is 1.24. The molecule has 11 N–H and O–H groups in total. The summed E-state index contributed by atoms with van der Waals surface area (Å²) in [5.74, 6) is -0.587. The third kappa shape index (κ3) is 7.34. The van der Waals surface area contributed by atoms with E-state index >= 15 is 0 Å². The molecule has 15 atom stereocenters. The molecule has 52 heavy (non-hydrogen) atoms. The molecule has 0 amide bonds. The number of hydrogen-bond donors (Lipinski definition) is 11. The fourth-order valence-electron chi connectivity index (χ4n) is 6.16. The van der Waals surface area contributed by atoms with Gasteiger partial charge in [-0.1, -0.05) is 0 Å². The lowest BCUT2D eigenvalue weighted by Gasteiger charge is -2.45. The number of phenolic OH excluding ortho intramolecular Hbond substituents is 1. The number of phenols is 1. The molecule has 0 saturated carbocycles. The van der Waals surface area contributed by atoms with E-state index in [4.69, 9.17) is 32.8 Å². The van der Waals surface area contributed by atoms with Crippen LogP contribution in [0.25, 0.3) is 22.3 Å². The predicted octanol–water partition coefficient (Wildman–Crippen LogP) is -3.63. The number of hydrogen-bond acceptors (Lipinski definition) is 19. The van der Waals surface area contributed by atoms with E-state index in [0.29, 0.717) is 5.56 Å². The minimum absolute atomic E-state index is 0.0285. The van der Waals surface area contributed by atoms with Crippen LogP contribution in [0, 0.1) is 0 Å². The second kappa shape index (κ2) is 15.5. The normalized spacial score (nSPS) is 38.2. The van der Waals surface area contributed by atoms with Gasteiger partial charge in [-0.05, 0) is 31.2 Å². The number of ether oxygens (including phenoxy) is 6. The Morgan fingerprint density at radius 3 is 1.87 bits per heavy atom. The maximum atomic E-state index is 13.1. The minimum atomic E-state index is -1.81. The second-order valence-electron chi connectivity index (χ2n) is 12.7. The van der Waals surface area contributed by atoms with E-state index in [1.54, 1.807) is 0 Å². The molecule has 0 aliphatic carbocycles. The summed E-state index contributed by atoms with van der Waals surface area (Å²) in [5.41, 5.74) is -0.455. The summed E-state index contributed by atoms with van der Waals surface area (Å²) in [6, 6.07) is 9.23. The van der Waals surface area contributed by atoms with Gasteiger partial charge in [-0.2, -0.15) is 0 Å². The van der Waals surface area contributed by atoms with Crippen molar-refractivity contribution in [1.29, 1.82) is 0 Å². The van der Waals surface area contributed by atoms with Crippen LogP contribution in [0.5, 0.6) is 17.2 Å². The van der Waals surface area contributed by atoms with Gasteiger partial charge in [-0.3, -0.25) is 4.79 Å². The van der Waals surface area contributed by atoms with E-state index in [9.17, 15) is 61.0 Å². The number of aromatic hydroxyl groups is 1. The largest absolute Gasteiger partial charge is 0.507 e. The number of aliphatic hydroxyl groups is 10. The van der Waals surface area contributed by atoms with Crippen molar-refractivity contribution in [2.45, 2.75) is 99.0 Å². The molecular formula is C33H40O19. The van der Waals surface area contributed by atoms with Gasteiger partial charge in [0.2, 0.25) is 12.6 Å². The molecule has 0 radical (unpaired) electrons. The van der Waals surface area contributed by atoms with Gasteiger partial charge >= 0.3 is 0 Å². The Morgan fingerprint density at radius 1 is 0.635 bits per heavy atom. The van der Waals surface area contributed by atoms with Crippen molar-refractivity contribution in [1.82, 2.24) is 0 Å². The molecule has 3 aromatic rings. The van der Waals surface area contributed by atoms with Crippen molar-refractivity contribution < 1.29 is 89.0 Å². The van der Waals surface area contributed by atoms with Gasteiger partial charge in [-0.15, -0.1) is 0 Å². The topological polar surface area (TPSA) is 308 Å². The van der Waals surface area contributed by atoms with Crippen LogP contribution < -0.4 is 14.9 Å². The lowest BCUT2D eigenvalue weighted by atomic mass is 9.97. The summed E-state index contributed by atoms with van der Waals surface area (Å²) < 4.78 is 39.6. The first-order valence-electron chi connectivity index (χ1n) is 16.2. The third-order valence-corrected chi connectivity index (χ3v) is 9.20. The van der Waals surface area contributed by atoms with Gasteiger partial charge in [0.1, 0.15) is 95.0 Å². The number of rotatable bonds is 9. The lowest BCUT2D eigenvalue weighted by Crippen LogP contribution is -2.64. The van der Waals surface area contributed by atoms with Crippen molar-refractivity contribution in [3.63, 3.8) is 0 Å². The van der Waals surface area contributed by atoms with Crippen LogP contribution in [0.4, 0.5) is 0 Å². The summed E-state index contributed by atoms with van der Waals surface area (Å²) >= 11 is 0. The summed E-state index contributed by atoms with van der Waals surface area (Å²) in [5, 5.41) is 112. The highest BCUT2D eigenvalue weighted by Gasteiger charge is 2.51. The van der Waals surface area contributed by atoms with E-state index in [-0.39, 0.29) is 28.2 Å². The summed E-state index contributed by atoms with van der Waals surface area (Å²) in [6.07, 6.45) is -23.2. The van der Waals surface area contributed by atoms with Gasteiger partial charge in [0.05, 0.1) is 19.3 Å². The zero-order chi connectivity index (χ0) is 37.6. The highest BCUT2D eigenvalue weighted by molar-refractivity contribution is 5.86. The third-order valence-electron chi connectivity index (χ3n) is 9.20. The lowest BCUT2D eigenvalue weighted by molar-refractivity contribution is -0.354. The van der Waals surface area contributed by atoms with Crippen molar-refractivity contribution >= 4 is 11.0 Å². The fourth-order valence-corrected chi connectivity index (χ4v) is 6.16. The molecule has 0 spiro atoms. The van der Waals surface area contributed by atoms with Crippen LogP contribution in [0.1, 0.15) is 6.92 Å². The Morgan fingerprint density at radius 2 is 1.21 bits per heavy atom. The Hall–Kier alpha value is -3.51. The van der Waals surface area contributed by atoms with Crippen molar-refractivity contribution in [3.05, 3.63) is 52.7 Å². The first-order chi connectivity index (χ1) is 24.7. The molecule has 0 unspecified atom stereocenters. The van der Waals surface area contributed by atoms with E-state index in [2.05, 4.69) is 0 Å². The summed E-state index contributed by atoms with van der Waals surface area (Å²) in [4.78, 5) is 13.1. The van der Waals surface area contributed by atoms with Gasteiger partial charge in [-0.25, -0.2) is 0 Å². The van der Waals surface area contributed by atoms with E-state index in [1.165, 1.54) is 37.3 Å². The van der Waals surface area contributed by atoms with Crippen LogP contribution in [0.3, 0.4) is 0 Å². The van der Waals surface area contributed by atoms with Crippen molar-refractivity contribution in [2.75, 3.05) is 13.2 Å². The van der Waals surface area contributed by atoms with E-state index in [1.807, 2.05) is 0 Å². The van der Waals surface area contributed by atoms with Crippen LogP contribution in [-0.2, 0) is 18.9 Å². The zero-order valence-corrected chi connectivity index (χ0v) is 27.3. The molecule has 19 heteroatoms. The molecule has 2 aromatic carbocycles. The molecule has 3 fully saturated rings. The number of aliphatic hydroxyl groups excluding tert-OH is 10. The van der Waals surface area contributed by atoms with Gasteiger partial charge < -0.3 is 89.0 Å². The highest BCUT2D eigenvalue weighted by Crippen LogP contribution is 2.35. The van der Waals surface area contributed by atoms with E-state index < -0.39 is 117 Å². The molecule has 0 bridgehead atoms. The molecular weight excluding hydrogens is 700 g/mol. The molecule has 1 aromatic heterocycles. The molecule has 19 nitrogen and oxygen atoms in total. The van der Waals surface area contributed by atoms with Gasteiger partial charge in [0, 0.05) is 23.8 Å². The predicted molar refractivity (Wildman–Crippen MR) is 170 cm³/mol. The standard InChI is InChI=1S/C33H40O19/c1-11-22(38)25(41)28(44)31(46-11)52-30-27(43)24(40)20(10-35)51-33(30)48-14-6-15(36)21-16(37)8-17(49-18(21)7-14)12-2-4-13(5-3-12)47-32-29(45)26(42)23(39)19(9-34)50-32/h2-8,11,19-20,22-36,38-45H,9-10H2,1H3/t11-,19+,20+,22-,23+,24+,25+,26-,27-,28+,29+,30+,31-,32+,33+/m0/s1. The average molecular weight is 741 g/mol. The summed E-state index contributed by atoms with van der Waals surface area (Å²) in [7, 11) is 0. The Kier molecular flexibility index (Phi) is 11.4. The SMILES string of the molecule is C[C@@H]1O[C@@H](O[C@H]2[C@H](Oc3cc(O)c4c(=O)cc(-c5ccc(O[C@@H]6O[C@H](CO)[C@@H](O)[C@H](O)[C@H]6O)cc5)oc4c3)O[C@H](CO)[C@@H](O)[C@@H]2O)[C@H](O)[C@H](O)[C@H]1O. The van der Waals surface area contributed by atoms with E-state index in [0.717, 1.165) is 12.1 Å². The fraction of sp³-hybridized carbons (Fsp3) is 0.545. The molecule has 286 valence electrons. The molecule has 3 aliphatic heterocycles. The number of benzene rings is 2. The van der Waals surface area contributed by atoms with Crippen LogP contribution in [0.2, 0.25) is 0 Å². The monoisotopic (exact) mass is 740 g/mol. The molecule has 6 rings (SSSR count). The first-order valence-corrected chi connectivity index (χ1v) is 16.2. The zero-order valence-electron chi connectivity index (χ0n) is 27.3. The average Bonchev–Trinajstić information content (AvgIpc) is 3.12. The van der Waals surface area contributed by atoms with Crippen LogP contribution >= 0.6 is 0 Å². The van der Waals surface area contributed by atoms with Crippen LogP contribution in [0.15, 0.2) is 51.7 Å². The highest BCUT2D eigenvalue weighted by atomic mass is 16.8. The first kappa shape index (κ1) is 38.2.